The van der Waals surface area contributed by atoms with Gasteiger partial charge >= 0.3 is 5.97 Å². The lowest BCUT2D eigenvalue weighted by atomic mass is 9.80. The Kier molecular flexibility index (Phi) is 10.2. The van der Waals surface area contributed by atoms with Gasteiger partial charge in [-0.3, -0.25) is 28.9 Å². The van der Waals surface area contributed by atoms with Gasteiger partial charge in [-0.25, -0.2) is 4.98 Å². The normalized spacial score (nSPS) is 24.6. The second kappa shape index (κ2) is 15.2. The van der Waals surface area contributed by atoms with Crippen LogP contribution in [0.1, 0.15) is 115 Å². The standard InChI is InChI=1S/C43H50Cl2N8O4/c1-50-33-13-22-51(23-18-42-14-16-43(26-42,17-15-42)41(56)57)25-32(33)46-38(50)40(55)48-30-11-6-9-28(37(30)45)27-8-5-10-29(36(27)44)47-39(54)31-24-35-34(12-7-21-53(35)49-31)52-19-3-2-4-20-52/h5-6,8-11,24,34H,2-4,7,12-23,25-26H2,1H3,(H,47,54)(H,48,55)(H,56,57). The van der Waals surface area contributed by atoms with E-state index in [4.69, 9.17) is 33.3 Å². The van der Waals surface area contributed by atoms with E-state index in [1.165, 1.54) is 19.3 Å². The number of hydrogen-bond donors (Lipinski definition) is 3. The van der Waals surface area contributed by atoms with Crippen molar-refractivity contribution in [2.75, 3.05) is 36.8 Å². The van der Waals surface area contributed by atoms with Crippen molar-refractivity contribution < 1.29 is 19.5 Å². The second-order valence-corrected chi connectivity index (χ2v) is 17.9. The minimum absolute atomic E-state index is 0.137. The lowest BCUT2D eigenvalue weighted by molar-refractivity contribution is -0.148. The monoisotopic (exact) mass is 812 g/mol. The zero-order chi connectivity index (χ0) is 39.5. The lowest BCUT2D eigenvalue weighted by Crippen LogP contribution is -2.36. The Hall–Kier alpha value is -4.23. The highest BCUT2D eigenvalue weighted by atomic mass is 35.5. The average Bonchev–Trinajstić information content (AvgIpc) is 4.01. The largest absolute Gasteiger partial charge is 0.481 e. The summed E-state index contributed by atoms with van der Waals surface area (Å²) in [6.07, 6.45) is 12.0. The molecule has 5 heterocycles. The third-order valence-electron chi connectivity index (χ3n) is 13.8. The van der Waals surface area contributed by atoms with Crippen LogP contribution < -0.4 is 10.6 Å². The number of carbonyl (C=O) groups excluding carboxylic acids is 2. The number of imidazole rings is 1. The Morgan fingerprint density at radius 2 is 1.56 bits per heavy atom. The quantitative estimate of drug-likeness (QED) is 0.146. The Morgan fingerprint density at radius 1 is 0.877 bits per heavy atom. The fraction of sp³-hybridized carbons (Fsp3) is 0.512. The molecule has 2 bridgehead atoms. The van der Waals surface area contributed by atoms with Crippen LogP contribution >= 0.6 is 23.2 Å². The number of aryl methyl sites for hydroxylation is 1. The first kappa shape index (κ1) is 38.3. The molecule has 1 unspecified atom stereocenters. The number of likely N-dealkylation sites (tertiary alicyclic amines) is 1. The van der Waals surface area contributed by atoms with Gasteiger partial charge in [-0.05, 0) is 107 Å². The first-order valence-electron chi connectivity index (χ1n) is 20.6. The molecule has 12 nitrogen and oxygen atoms in total. The van der Waals surface area contributed by atoms with Gasteiger partial charge in [0.1, 0.15) is 0 Å². The molecule has 3 N–H and O–H groups in total. The number of rotatable bonds is 10. The molecule has 3 aliphatic heterocycles. The number of halogens is 2. The number of aliphatic carboxylic acids is 1. The molecule has 3 fully saturated rings. The zero-order valence-electron chi connectivity index (χ0n) is 32.5. The van der Waals surface area contributed by atoms with Crippen molar-refractivity contribution in [3.63, 3.8) is 0 Å². The van der Waals surface area contributed by atoms with Crippen LogP contribution in [0.15, 0.2) is 42.5 Å². The average molecular weight is 814 g/mol. The summed E-state index contributed by atoms with van der Waals surface area (Å²) in [5, 5.41) is 21.1. The minimum atomic E-state index is -0.625. The Balaban J connectivity index is 0.868. The number of carbonyl (C=O) groups is 3. The molecule has 0 radical (unpaired) electrons. The molecule has 1 saturated heterocycles. The van der Waals surface area contributed by atoms with Crippen LogP contribution in [0.4, 0.5) is 11.4 Å². The SMILES string of the molecule is Cn1c(C(=O)Nc2cccc(-c3cccc(NC(=O)c4cc5n(n4)CCCC5N4CCCCC4)c3Cl)c2Cl)nc2c1CCN(CCC13CCC(C(=O)O)(CC1)C3)C2. The Labute approximate surface area is 342 Å². The van der Waals surface area contributed by atoms with Crippen molar-refractivity contribution in [1.29, 1.82) is 0 Å². The molecule has 0 spiro atoms. The lowest BCUT2D eigenvalue weighted by Gasteiger charge is -2.36. The molecule has 1 atom stereocenters. The van der Waals surface area contributed by atoms with Crippen molar-refractivity contribution >= 4 is 52.4 Å². The van der Waals surface area contributed by atoms with Gasteiger partial charge in [0.15, 0.2) is 11.5 Å². The van der Waals surface area contributed by atoms with Gasteiger partial charge in [0, 0.05) is 49.9 Å². The summed E-state index contributed by atoms with van der Waals surface area (Å²) >= 11 is 14.0. The summed E-state index contributed by atoms with van der Waals surface area (Å²) in [5.74, 6) is -1.00. The van der Waals surface area contributed by atoms with Gasteiger partial charge in [0.05, 0.1) is 44.3 Å². The highest BCUT2D eigenvalue weighted by Gasteiger charge is 2.57. The van der Waals surface area contributed by atoms with Gasteiger partial charge in [-0.15, -0.1) is 0 Å². The molecular formula is C43H50Cl2N8O4. The van der Waals surface area contributed by atoms with E-state index in [2.05, 4.69) is 20.4 Å². The number of piperidine rings is 1. The predicted molar refractivity (Wildman–Crippen MR) is 220 cm³/mol. The molecule has 4 aromatic rings. The maximum Gasteiger partial charge on any atom is 0.309 e. The van der Waals surface area contributed by atoms with Crippen LogP contribution in [0, 0.1) is 10.8 Å². The van der Waals surface area contributed by atoms with E-state index in [9.17, 15) is 19.5 Å². The third-order valence-corrected chi connectivity index (χ3v) is 14.6. The maximum absolute atomic E-state index is 13.8. The summed E-state index contributed by atoms with van der Waals surface area (Å²) in [7, 11) is 1.88. The summed E-state index contributed by atoms with van der Waals surface area (Å²) in [5.41, 5.74) is 5.12. The van der Waals surface area contributed by atoms with Crippen molar-refractivity contribution in [1.82, 2.24) is 29.1 Å². The molecule has 2 amide bonds. The summed E-state index contributed by atoms with van der Waals surface area (Å²) < 4.78 is 3.87. The third kappa shape index (κ3) is 7.06. The first-order valence-corrected chi connectivity index (χ1v) is 21.3. The van der Waals surface area contributed by atoms with E-state index in [1.54, 1.807) is 12.1 Å². The Morgan fingerprint density at radius 3 is 2.23 bits per heavy atom. The fourth-order valence-corrected chi connectivity index (χ4v) is 11.1. The van der Waals surface area contributed by atoms with E-state index < -0.39 is 11.4 Å². The molecule has 9 rings (SSSR count). The molecule has 2 aromatic heterocycles. The second-order valence-electron chi connectivity index (χ2n) is 17.1. The van der Waals surface area contributed by atoms with Crippen LogP contribution in [0.2, 0.25) is 10.0 Å². The molecule has 5 aliphatic rings. The van der Waals surface area contributed by atoms with Crippen LogP contribution in [-0.2, 0) is 31.4 Å². The number of anilines is 2. The zero-order valence-corrected chi connectivity index (χ0v) is 34.0. The minimum Gasteiger partial charge on any atom is -0.481 e. The van der Waals surface area contributed by atoms with Crippen LogP contribution in [0.3, 0.4) is 0 Å². The van der Waals surface area contributed by atoms with Crippen molar-refractivity contribution in [3.8, 4) is 11.1 Å². The van der Waals surface area contributed by atoms with Gasteiger partial charge in [0.25, 0.3) is 11.8 Å². The summed E-state index contributed by atoms with van der Waals surface area (Å²) in [6.45, 7) is 5.38. The molecular weight excluding hydrogens is 763 g/mol. The number of hydrogen-bond acceptors (Lipinski definition) is 7. The van der Waals surface area contributed by atoms with E-state index in [1.807, 2.05) is 46.6 Å². The van der Waals surface area contributed by atoms with Gasteiger partial charge in [-0.2, -0.15) is 5.10 Å². The topological polar surface area (TPSA) is 138 Å². The predicted octanol–water partition coefficient (Wildman–Crippen LogP) is 8.20. The number of nitrogens with zero attached hydrogens (tertiary/aromatic N) is 6. The number of carboxylic acid groups (broad SMARTS) is 1. The molecule has 300 valence electrons. The molecule has 57 heavy (non-hydrogen) atoms. The van der Waals surface area contributed by atoms with E-state index >= 15 is 0 Å². The first-order chi connectivity index (χ1) is 27.5. The highest BCUT2D eigenvalue weighted by Crippen LogP contribution is 2.63. The number of amides is 2. The molecule has 14 heteroatoms. The molecule has 2 saturated carbocycles. The summed E-state index contributed by atoms with van der Waals surface area (Å²) in [6, 6.07) is 13.0. The number of aromatic nitrogens is 4. The van der Waals surface area contributed by atoms with Crippen LogP contribution in [0.25, 0.3) is 11.1 Å². The number of fused-ring (bicyclic) bond motifs is 4. The number of carboxylic acids is 1. The van der Waals surface area contributed by atoms with Crippen molar-refractivity contribution in [2.45, 2.75) is 96.2 Å². The number of nitrogens with one attached hydrogen (secondary N) is 2. The Bertz CT molecular complexity index is 2230. The van der Waals surface area contributed by atoms with E-state index in [0.29, 0.717) is 50.6 Å². The van der Waals surface area contributed by atoms with Gasteiger partial charge in [-0.1, -0.05) is 53.9 Å². The van der Waals surface area contributed by atoms with Gasteiger partial charge < -0.3 is 20.3 Å². The van der Waals surface area contributed by atoms with E-state index in [0.717, 1.165) is 108 Å². The van der Waals surface area contributed by atoms with E-state index in [-0.39, 0.29) is 23.3 Å². The molecule has 2 aromatic carbocycles. The highest BCUT2D eigenvalue weighted by molar-refractivity contribution is 6.40. The fourth-order valence-electron chi connectivity index (χ4n) is 10.5. The van der Waals surface area contributed by atoms with Crippen molar-refractivity contribution in [3.05, 3.63) is 81.1 Å². The number of benzene rings is 2. The molecule has 2 aliphatic carbocycles. The van der Waals surface area contributed by atoms with Gasteiger partial charge in [0.2, 0.25) is 0 Å². The smallest absolute Gasteiger partial charge is 0.309 e. The summed E-state index contributed by atoms with van der Waals surface area (Å²) in [4.78, 5) is 49.1. The van der Waals surface area contributed by atoms with Crippen molar-refractivity contribution in [2.24, 2.45) is 17.9 Å². The van der Waals surface area contributed by atoms with Crippen LogP contribution in [-0.4, -0.2) is 78.2 Å². The maximum atomic E-state index is 13.8. The van der Waals surface area contributed by atoms with Crippen LogP contribution in [0.5, 0.6) is 0 Å².